The lowest BCUT2D eigenvalue weighted by Crippen LogP contribution is -2.21. The summed E-state index contributed by atoms with van der Waals surface area (Å²) in [5.41, 5.74) is 0.539. The predicted molar refractivity (Wildman–Crippen MR) is 73.0 cm³/mol. The predicted octanol–water partition coefficient (Wildman–Crippen LogP) is 1.85. The molecule has 0 fully saturated rings. The SMILES string of the molecule is COc1ccc([N+](=O)[O-])c2cc(C(=O)N(C)C)cnc12. The highest BCUT2D eigenvalue weighted by Gasteiger charge is 2.18. The fraction of sp³-hybridized carbons (Fsp3) is 0.231. The molecule has 0 spiro atoms. The average molecular weight is 275 g/mol. The maximum absolute atomic E-state index is 11.9. The van der Waals surface area contributed by atoms with Gasteiger partial charge in [-0.2, -0.15) is 0 Å². The molecule has 0 saturated heterocycles. The quantitative estimate of drug-likeness (QED) is 0.630. The lowest BCUT2D eigenvalue weighted by molar-refractivity contribution is -0.383. The second kappa shape index (κ2) is 5.12. The molecular formula is C13H13N3O4. The number of nitrogens with zero attached hydrogens (tertiary/aromatic N) is 3. The number of amides is 1. The number of hydrogen-bond donors (Lipinski definition) is 0. The van der Waals surface area contributed by atoms with Crippen molar-refractivity contribution in [2.45, 2.75) is 0 Å². The van der Waals surface area contributed by atoms with E-state index in [0.29, 0.717) is 16.8 Å². The maximum Gasteiger partial charge on any atom is 0.279 e. The third-order valence-corrected chi connectivity index (χ3v) is 2.86. The van der Waals surface area contributed by atoms with Gasteiger partial charge in [0, 0.05) is 26.4 Å². The molecule has 104 valence electrons. The highest BCUT2D eigenvalue weighted by Crippen LogP contribution is 2.31. The van der Waals surface area contributed by atoms with E-state index in [9.17, 15) is 14.9 Å². The molecule has 0 aliphatic heterocycles. The third kappa shape index (κ3) is 2.25. The molecule has 0 atom stereocenters. The van der Waals surface area contributed by atoms with E-state index in [1.54, 1.807) is 14.1 Å². The van der Waals surface area contributed by atoms with Crippen LogP contribution in [-0.4, -0.2) is 41.9 Å². The number of carbonyl (C=O) groups is 1. The van der Waals surface area contributed by atoms with Crippen LogP contribution >= 0.6 is 0 Å². The molecule has 0 saturated carbocycles. The number of rotatable bonds is 3. The topological polar surface area (TPSA) is 85.6 Å². The summed E-state index contributed by atoms with van der Waals surface area (Å²) in [4.78, 5) is 28.0. The third-order valence-electron chi connectivity index (χ3n) is 2.86. The van der Waals surface area contributed by atoms with E-state index in [-0.39, 0.29) is 17.0 Å². The summed E-state index contributed by atoms with van der Waals surface area (Å²) in [6, 6.07) is 4.29. The van der Waals surface area contributed by atoms with Gasteiger partial charge in [0.2, 0.25) is 0 Å². The summed E-state index contributed by atoms with van der Waals surface area (Å²) in [7, 11) is 4.67. The van der Waals surface area contributed by atoms with Crippen LogP contribution in [0.3, 0.4) is 0 Å². The molecule has 7 heteroatoms. The Bertz CT molecular complexity index is 697. The second-order valence-electron chi connectivity index (χ2n) is 4.36. The number of benzene rings is 1. The van der Waals surface area contributed by atoms with Gasteiger partial charge in [-0.05, 0) is 12.1 Å². The molecule has 1 amide bonds. The summed E-state index contributed by atoms with van der Waals surface area (Å²) < 4.78 is 5.13. The molecule has 0 radical (unpaired) electrons. The number of ether oxygens (including phenoxy) is 1. The number of fused-ring (bicyclic) bond motifs is 1. The molecule has 1 heterocycles. The molecule has 0 N–H and O–H groups in total. The summed E-state index contributed by atoms with van der Waals surface area (Å²) in [6.07, 6.45) is 1.39. The Morgan fingerprint density at radius 1 is 1.40 bits per heavy atom. The molecule has 20 heavy (non-hydrogen) atoms. The van der Waals surface area contributed by atoms with E-state index >= 15 is 0 Å². The number of methoxy groups -OCH3 is 1. The van der Waals surface area contributed by atoms with Gasteiger partial charge in [0.25, 0.3) is 11.6 Å². The van der Waals surface area contributed by atoms with Crippen LogP contribution in [0.15, 0.2) is 24.4 Å². The molecule has 1 aromatic heterocycles. The normalized spacial score (nSPS) is 10.3. The first-order valence-corrected chi connectivity index (χ1v) is 5.78. The molecular weight excluding hydrogens is 262 g/mol. The lowest BCUT2D eigenvalue weighted by Gasteiger charge is -2.11. The summed E-state index contributed by atoms with van der Waals surface area (Å²) in [6.45, 7) is 0. The van der Waals surface area contributed by atoms with E-state index in [1.807, 2.05) is 0 Å². The summed E-state index contributed by atoms with van der Waals surface area (Å²) in [5, 5.41) is 11.4. The Morgan fingerprint density at radius 2 is 2.10 bits per heavy atom. The Balaban J connectivity index is 2.74. The fourth-order valence-corrected chi connectivity index (χ4v) is 1.88. The number of carbonyl (C=O) groups excluding carboxylic acids is 1. The van der Waals surface area contributed by atoms with Crippen molar-refractivity contribution in [1.29, 1.82) is 0 Å². The molecule has 2 rings (SSSR count). The van der Waals surface area contributed by atoms with E-state index in [1.165, 1.54) is 36.4 Å². The molecule has 0 bridgehead atoms. The van der Waals surface area contributed by atoms with Crippen molar-refractivity contribution in [3.8, 4) is 5.75 Å². The van der Waals surface area contributed by atoms with Crippen molar-refractivity contribution >= 4 is 22.5 Å². The first kappa shape index (κ1) is 13.7. The van der Waals surface area contributed by atoms with Crippen LogP contribution in [-0.2, 0) is 0 Å². The van der Waals surface area contributed by atoms with Crippen LogP contribution in [0.1, 0.15) is 10.4 Å². The monoisotopic (exact) mass is 275 g/mol. The Labute approximate surface area is 114 Å². The smallest absolute Gasteiger partial charge is 0.279 e. The molecule has 7 nitrogen and oxygen atoms in total. The number of aromatic nitrogens is 1. The van der Waals surface area contributed by atoms with Gasteiger partial charge in [-0.15, -0.1) is 0 Å². The molecule has 0 aliphatic rings. The molecule has 2 aromatic rings. The lowest BCUT2D eigenvalue weighted by atomic mass is 10.1. The van der Waals surface area contributed by atoms with Crippen LogP contribution in [0.4, 0.5) is 5.69 Å². The minimum Gasteiger partial charge on any atom is -0.494 e. The van der Waals surface area contributed by atoms with Gasteiger partial charge in [-0.25, -0.2) is 0 Å². The van der Waals surface area contributed by atoms with Gasteiger partial charge in [0.15, 0.2) is 0 Å². The fourth-order valence-electron chi connectivity index (χ4n) is 1.88. The van der Waals surface area contributed by atoms with Crippen molar-refractivity contribution in [3.63, 3.8) is 0 Å². The zero-order valence-corrected chi connectivity index (χ0v) is 11.3. The second-order valence-corrected chi connectivity index (χ2v) is 4.36. The van der Waals surface area contributed by atoms with Gasteiger partial charge in [0.1, 0.15) is 11.3 Å². The average Bonchev–Trinajstić information content (AvgIpc) is 2.44. The van der Waals surface area contributed by atoms with Crippen LogP contribution in [0, 0.1) is 10.1 Å². The number of hydrogen-bond acceptors (Lipinski definition) is 5. The van der Waals surface area contributed by atoms with E-state index in [2.05, 4.69) is 4.98 Å². The van der Waals surface area contributed by atoms with Gasteiger partial charge in [0.05, 0.1) is 23.0 Å². The standard InChI is InChI=1S/C13H13N3O4/c1-15(2)13(17)8-6-9-10(16(18)19)4-5-11(20-3)12(9)14-7-8/h4-7H,1-3H3. The Hall–Kier alpha value is -2.70. The van der Waals surface area contributed by atoms with Gasteiger partial charge >= 0.3 is 0 Å². The highest BCUT2D eigenvalue weighted by atomic mass is 16.6. The molecule has 0 unspecified atom stereocenters. The number of nitro groups is 1. The van der Waals surface area contributed by atoms with E-state index in [4.69, 9.17) is 4.74 Å². The highest BCUT2D eigenvalue weighted by molar-refractivity contribution is 6.00. The molecule has 0 aliphatic carbocycles. The van der Waals surface area contributed by atoms with E-state index < -0.39 is 4.92 Å². The van der Waals surface area contributed by atoms with Crippen LogP contribution in [0.2, 0.25) is 0 Å². The Kier molecular flexibility index (Phi) is 3.51. The maximum atomic E-state index is 11.9. The van der Waals surface area contributed by atoms with Gasteiger partial charge < -0.3 is 9.64 Å². The number of pyridine rings is 1. The van der Waals surface area contributed by atoms with Crippen molar-refractivity contribution in [2.75, 3.05) is 21.2 Å². The van der Waals surface area contributed by atoms with Crippen LogP contribution < -0.4 is 4.74 Å². The van der Waals surface area contributed by atoms with Crippen molar-refractivity contribution < 1.29 is 14.5 Å². The zero-order chi connectivity index (χ0) is 14.9. The van der Waals surface area contributed by atoms with Gasteiger partial charge in [-0.3, -0.25) is 19.9 Å². The van der Waals surface area contributed by atoms with Crippen molar-refractivity contribution in [2.24, 2.45) is 0 Å². The number of non-ortho nitro benzene ring substituents is 1. The van der Waals surface area contributed by atoms with Gasteiger partial charge in [-0.1, -0.05) is 0 Å². The first-order valence-electron chi connectivity index (χ1n) is 5.78. The van der Waals surface area contributed by atoms with Crippen molar-refractivity contribution in [1.82, 2.24) is 9.88 Å². The minimum atomic E-state index is -0.507. The Morgan fingerprint density at radius 3 is 2.65 bits per heavy atom. The number of nitro benzene ring substituents is 1. The van der Waals surface area contributed by atoms with E-state index in [0.717, 1.165) is 0 Å². The molecule has 1 aromatic carbocycles. The van der Waals surface area contributed by atoms with Crippen molar-refractivity contribution in [3.05, 3.63) is 40.1 Å². The first-order chi connectivity index (χ1) is 9.45. The largest absolute Gasteiger partial charge is 0.494 e. The summed E-state index contributed by atoms with van der Waals surface area (Å²) >= 11 is 0. The minimum absolute atomic E-state index is 0.110. The van der Waals surface area contributed by atoms with Crippen LogP contribution in [0.5, 0.6) is 5.75 Å². The zero-order valence-electron chi connectivity index (χ0n) is 11.3. The van der Waals surface area contributed by atoms with Crippen LogP contribution in [0.25, 0.3) is 10.9 Å². The summed E-state index contributed by atoms with van der Waals surface area (Å²) in [5.74, 6) is 0.158.